The van der Waals surface area contributed by atoms with Gasteiger partial charge in [0.25, 0.3) is 5.91 Å². The maximum atomic E-state index is 12.8. The van der Waals surface area contributed by atoms with Crippen molar-refractivity contribution >= 4 is 29.3 Å². The summed E-state index contributed by atoms with van der Waals surface area (Å²) in [5.41, 5.74) is 1.51. The number of amides is 3. The first-order valence-corrected chi connectivity index (χ1v) is 10.7. The van der Waals surface area contributed by atoms with Gasteiger partial charge in [-0.1, -0.05) is 36.4 Å². The second kappa shape index (κ2) is 10.6. The number of rotatable bonds is 6. The van der Waals surface area contributed by atoms with Crippen LogP contribution >= 0.6 is 0 Å². The summed E-state index contributed by atoms with van der Waals surface area (Å²) in [4.78, 5) is 41.1. The van der Waals surface area contributed by atoms with E-state index in [4.69, 9.17) is 4.74 Å². The Balaban J connectivity index is 1.49. The highest BCUT2D eigenvalue weighted by atomic mass is 16.5. The standard InChI is InChI=1S/C24H29N3O4/c1-3-27(21-12-8-5-9-13-21)22(28)18(2)31-23(29)19-14-16-26(17-15-19)24(30)25-20-10-6-4-7-11-20/h4-13,18-19H,3,14-17H2,1-2H3,(H,25,30)/t18-/m1/s1. The molecule has 1 saturated heterocycles. The predicted octanol–water partition coefficient (Wildman–Crippen LogP) is 3.92. The van der Waals surface area contributed by atoms with Crippen LogP contribution in [0.3, 0.4) is 0 Å². The minimum Gasteiger partial charge on any atom is -0.452 e. The molecule has 3 rings (SSSR count). The minimum atomic E-state index is -0.868. The molecule has 1 N–H and O–H groups in total. The van der Waals surface area contributed by atoms with Gasteiger partial charge in [-0.2, -0.15) is 0 Å². The first-order chi connectivity index (χ1) is 15.0. The molecule has 1 heterocycles. The molecular formula is C24H29N3O4. The second-order valence-electron chi connectivity index (χ2n) is 7.55. The highest BCUT2D eigenvalue weighted by molar-refractivity contribution is 5.97. The third-order valence-electron chi connectivity index (χ3n) is 5.43. The van der Waals surface area contributed by atoms with Gasteiger partial charge in [-0.05, 0) is 51.0 Å². The molecule has 7 heteroatoms. The number of benzene rings is 2. The van der Waals surface area contributed by atoms with E-state index in [0.717, 1.165) is 11.4 Å². The van der Waals surface area contributed by atoms with E-state index < -0.39 is 6.10 Å². The van der Waals surface area contributed by atoms with Crippen LogP contribution in [0.1, 0.15) is 26.7 Å². The zero-order valence-electron chi connectivity index (χ0n) is 18.0. The molecule has 1 aliphatic rings. The average Bonchev–Trinajstić information content (AvgIpc) is 2.81. The number of nitrogens with zero attached hydrogens (tertiary/aromatic N) is 2. The van der Waals surface area contributed by atoms with E-state index in [2.05, 4.69) is 5.32 Å². The van der Waals surface area contributed by atoms with Crippen molar-refractivity contribution in [1.29, 1.82) is 0 Å². The van der Waals surface area contributed by atoms with Crippen molar-refractivity contribution in [3.63, 3.8) is 0 Å². The van der Waals surface area contributed by atoms with Crippen molar-refractivity contribution in [2.45, 2.75) is 32.8 Å². The van der Waals surface area contributed by atoms with Crippen LogP contribution < -0.4 is 10.2 Å². The molecular weight excluding hydrogens is 394 g/mol. The number of para-hydroxylation sites is 2. The second-order valence-corrected chi connectivity index (χ2v) is 7.55. The monoisotopic (exact) mass is 423 g/mol. The van der Waals surface area contributed by atoms with Gasteiger partial charge < -0.3 is 19.9 Å². The molecule has 3 amide bonds. The van der Waals surface area contributed by atoms with Crippen LogP contribution in [0.2, 0.25) is 0 Å². The van der Waals surface area contributed by atoms with Crippen LogP contribution in [-0.4, -0.2) is 48.5 Å². The maximum absolute atomic E-state index is 12.8. The Labute approximate surface area is 183 Å². The van der Waals surface area contributed by atoms with Crippen molar-refractivity contribution < 1.29 is 19.1 Å². The molecule has 7 nitrogen and oxygen atoms in total. The van der Waals surface area contributed by atoms with Gasteiger partial charge in [0.15, 0.2) is 6.10 Å². The molecule has 1 aliphatic heterocycles. The molecule has 164 valence electrons. The zero-order chi connectivity index (χ0) is 22.2. The zero-order valence-corrected chi connectivity index (χ0v) is 18.0. The van der Waals surface area contributed by atoms with Crippen LogP contribution in [0.25, 0.3) is 0 Å². The number of esters is 1. The number of likely N-dealkylation sites (N-methyl/N-ethyl adjacent to an activating group) is 1. The van der Waals surface area contributed by atoms with Crippen molar-refractivity contribution in [3.05, 3.63) is 60.7 Å². The summed E-state index contributed by atoms with van der Waals surface area (Å²) in [6.45, 7) is 4.90. The number of hydrogen-bond donors (Lipinski definition) is 1. The molecule has 0 unspecified atom stereocenters. The number of nitrogens with one attached hydrogen (secondary N) is 1. The summed E-state index contributed by atoms with van der Waals surface area (Å²) in [5, 5.41) is 2.86. The summed E-state index contributed by atoms with van der Waals surface area (Å²) in [6, 6.07) is 18.4. The number of urea groups is 1. The van der Waals surface area contributed by atoms with Crippen LogP contribution in [0, 0.1) is 5.92 Å². The minimum absolute atomic E-state index is 0.178. The van der Waals surface area contributed by atoms with E-state index in [1.54, 1.807) is 16.7 Å². The summed E-state index contributed by atoms with van der Waals surface area (Å²) in [5.74, 6) is -0.947. The normalized spacial score (nSPS) is 15.1. The Kier molecular flexibility index (Phi) is 7.65. The molecule has 0 spiro atoms. The third kappa shape index (κ3) is 5.84. The van der Waals surface area contributed by atoms with Gasteiger partial charge in [0.1, 0.15) is 0 Å². The van der Waals surface area contributed by atoms with E-state index >= 15 is 0 Å². The highest BCUT2D eigenvalue weighted by Crippen LogP contribution is 2.21. The van der Waals surface area contributed by atoms with Crippen molar-refractivity contribution in [1.82, 2.24) is 4.90 Å². The lowest BCUT2D eigenvalue weighted by molar-refractivity contribution is -0.159. The topological polar surface area (TPSA) is 79.0 Å². The average molecular weight is 424 g/mol. The molecule has 0 aromatic heterocycles. The van der Waals surface area contributed by atoms with Crippen LogP contribution in [0.15, 0.2) is 60.7 Å². The molecule has 2 aromatic carbocycles. The van der Waals surface area contributed by atoms with Gasteiger partial charge in [0, 0.05) is 31.0 Å². The van der Waals surface area contributed by atoms with E-state index in [-0.39, 0.29) is 23.8 Å². The Morgan fingerprint density at radius 1 is 1.03 bits per heavy atom. The van der Waals surface area contributed by atoms with Gasteiger partial charge in [-0.3, -0.25) is 9.59 Å². The van der Waals surface area contributed by atoms with Gasteiger partial charge in [-0.25, -0.2) is 4.79 Å². The van der Waals surface area contributed by atoms with Gasteiger partial charge in [0.05, 0.1) is 5.92 Å². The van der Waals surface area contributed by atoms with Crippen molar-refractivity contribution in [2.75, 3.05) is 29.9 Å². The molecule has 31 heavy (non-hydrogen) atoms. The van der Waals surface area contributed by atoms with Gasteiger partial charge in [-0.15, -0.1) is 0 Å². The Morgan fingerprint density at radius 2 is 1.61 bits per heavy atom. The van der Waals surface area contributed by atoms with E-state index in [9.17, 15) is 14.4 Å². The smallest absolute Gasteiger partial charge is 0.321 e. The molecule has 0 saturated carbocycles. The Hall–Kier alpha value is -3.35. The third-order valence-corrected chi connectivity index (χ3v) is 5.43. The Bertz CT molecular complexity index is 880. The number of piperidine rings is 1. The first-order valence-electron chi connectivity index (χ1n) is 10.7. The highest BCUT2D eigenvalue weighted by Gasteiger charge is 2.31. The lowest BCUT2D eigenvalue weighted by Gasteiger charge is -2.32. The fourth-order valence-electron chi connectivity index (χ4n) is 3.66. The number of carbonyl (C=O) groups excluding carboxylic acids is 3. The molecule has 0 aliphatic carbocycles. The summed E-state index contributed by atoms with van der Waals surface area (Å²) in [7, 11) is 0. The number of likely N-dealkylation sites (tertiary alicyclic amines) is 1. The van der Waals surface area contributed by atoms with E-state index in [1.807, 2.05) is 67.6 Å². The van der Waals surface area contributed by atoms with Crippen molar-refractivity contribution in [3.8, 4) is 0 Å². The number of ether oxygens (including phenoxy) is 1. The van der Waals surface area contributed by atoms with Gasteiger partial charge >= 0.3 is 12.0 Å². The van der Waals surface area contributed by atoms with E-state index in [1.165, 1.54) is 0 Å². The molecule has 1 fully saturated rings. The van der Waals surface area contributed by atoms with Gasteiger partial charge in [0.2, 0.25) is 0 Å². The van der Waals surface area contributed by atoms with Crippen molar-refractivity contribution in [2.24, 2.45) is 5.92 Å². The predicted molar refractivity (Wildman–Crippen MR) is 120 cm³/mol. The van der Waals surface area contributed by atoms with E-state index in [0.29, 0.717) is 32.5 Å². The first kappa shape index (κ1) is 22.3. The van der Waals surface area contributed by atoms with Crippen LogP contribution in [-0.2, 0) is 14.3 Å². The summed E-state index contributed by atoms with van der Waals surface area (Å²) < 4.78 is 5.50. The van der Waals surface area contributed by atoms with Crippen LogP contribution in [0.4, 0.5) is 16.2 Å². The summed E-state index contributed by atoms with van der Waals surface area (Å²) >= 11 is 0. The fourth-order valence-corrected chi connectivity index (χ4v) is 3.66. The maximum Gasteiger partial charge on any atom is 0.321 e. The quantitative estimate of drug-likeness (QED) is 0.715. The SMILES string of the molecule is CCN(C(=O)[C@@H](C)OC(=O)C1CCN(C(=O)Nc2ccccc2)CC1)c1ccccc1. The number of hydrogen-bond acceptors (Lipinski definition) is 4. The molecule has 1 atom stereocenters. The summed E-state index contributed by atoms with van der Waals surface area (Å²) in [6.07, 6.45) is 0.156. The lowest BCUT2D eigenvalue weighted by atomic mass is 9.97. The number of anilines is 2. The molecule has 2 aromatic rings. The lowest BCUT2D eigenvalue weighted by Crippen LogP contribution is -2.44. The fraction of sp³-hybridized carbons (Fsp3) is 0.375. The number of carbonyl (C=O) groups is 3. The molecule has 0 radical (unpaired) electrons. The largest absolute Gasteiger partial charge is 0.452 e. The molecule has 0 bridgehead atoms. The van der Waals surface area contributed by atoms with Crippen LogP contribution in [0.5, 0.6) is 0 Å². The Morgan fingerprint density at radius 3 is 2.19 bits per heavy atom.